The Morgan fingerprint density at radius 1 is 0.920 bits per heavy atom. The van der Waals surface area contributed by atoms with Crippen LogP contribution in [-0.4, -0.2) is 30.6 Å². The molecule has 2 aromatic carbocycles. The molecule has 0 aliphatic carbocycles. The number of nitrogens with zero attached hydrogens (tertiary/aromatic N) is 1. The van der Waals surface area contributed by atoms with Gasteiger partial charge in [-0.3, -0.25) is 9.65 Å². The molecule has 0 radical (unpaired) electrons. The van der Waals surface area contributed by atoms with E-state index in [2.05, 4.69) is 23.8 Å². The second kappa shape index (κ2) is 8.31. The van der Waals surface area contributed by atoms with Gasteiger partial charge in [-0.2, -0.15) is 0 Å². The highest BCUT2D eigenvalue weighted by atomic mass is 31.2. The molecule has 3 nitrogen and oxygen atoms in total. The Morgan fingerprint density at radius 3 is 1.84 bits per heavy atom. The predicted molar refractivity (Wildman–Crippen MR) is 107 cm³/mol. The average molecular weight is 356 g/mol. The summed E-state index contributed by atoms with van der Waals surface area (Å²) < 4.78 is 14.2. The van der Waals surface area contributed by atoms with E-state index < -0.39 is 7.29 Å². The Labute approximate surface area is 151 Å². The molecule has 2 aromatic rings. The van der Waals surface area contributed by atoms with Crippen LogP contribution in [0.4, 0.5) is 0 Å². The summed E-state index contributed by atoms with van der Waals surface area (Å²) in [5.41, 5.74) is 0. The summed E-state index contributed by atoms with van der Waals surface area (Å²) in [6.45, 7) is 7.71. The van der Waals surface area contributed by atoms with E-state index in [1.54, 1.807) is 0 Å². The second-order valence-electron chi connectivity index (χ2n) is 7.27. The van der Waals surface area contributed by atoms with Crippen molar-refractivity contribution in [2.24, 2.45) is 5.92 Å². The van der Waals surface area contributed by atoms with Crippen molar-refractivity contribution in [1.29, 1.82) is 0 Å². The van der Waals surface area contributed by atoms with Gasteiger partial charge in [-0.25, -0.2) is 0 Å². The van der Waals surface area contributed by atoms with E-state index in [4.69, 9.17) is 0 Å². The molecule has 1 aliphatic heterocycles. The van der Waals surface area contributed by atoms with Crippen molar-refractivity contribution >= 4 is 17.9 Å². The molecular weight excluding hydrogens is 327 g/mol. The lowest BCUT2D eigenvalue weighted by molar-refractivity contribution is 0.274. The maximum Gasteiger partial charge on any atom is 0.204 e. The van der Waals surface area contributed by atoms with E-state index in [9.17, 15) is 4.57 Å². The van der Waals surface area contributed by atoms with Crippen LogP contribution in [0.1, 0.15) is 26.7 Å². The van der Waals surface area contributed by atoms with Gasteiger partial charge in [-0.05, 0) is 56.1 Å². The summed E-state index contributed by atoms with van der Waals surface area (Å²) in [6, 6.07) is 19.9. The zero-order chi connectivity index (χ0) is 17.7. The lowest BCUT2D eigenvalue weighted by Gasteiger charge is -2.32. The third-order valence-corrected chi connectivity index (χ3v) is 7.79. The maximum atomic E-state index is 14.2. The molecule has 0 unspecified atom stereocenters. The Bertz CT molecular complexity index is 653. The van der Waals surface area contributed by atoms with Crippen molar-refractivity contribution in [3.05, 3.63) is 60.7 Å². The van der Waals surface area contributed by atoms with Crippen LogP contribution < -0.4 is 15.7 Å². The van der Waals surface area contributed by atoms with Gasteiger partial charge >= 0.3 is 0 Å². The van der Waals surface area contributed by atoms with Gasteiger partial charge in [0.2, 0.25) is 7.29 Å². The first-order valence-corrected chi connectivity index (χ1v) is 11.0. The molecule has 3 rings (SSSR count). The maximum absolute atomic E-state index is 14.2. The van der Waals surface area contributed by atoms with Crippen molar-refractivity contribution in [2.75, 3.05) is 19.6 Å². The van der Waals surface area contributed by atoms with Crippen LogP contribution in [0.3, 0.4) is 0 Å². The largest absolute Gasteiger partial charge is 0.302 e. The SMILES string of the molecule is CC(C)[C@@H](CN1CCCC1)NP(=O)(c1ccccc1)c1ccccc1. The van der Waals surface area contributed by atoms with Gasteiger partial charge in [-0.15, -0.1) is 0 Å². The first-order chi connectivity index (χ1) is 12.1. The van der Waals surface area contributed by atoms with Gasteiger partial charge in [0.1, 0.15) is 0 Å². The summed E-state index contributed by atoms with van der Waals surface area (Å²) >= 11 is 0. The van der Waals surface area contributed by atoms with Gasteiger partial charge in [0, 0.05) is 23.2 Å². The number of nitrogens with one attached hydrogen (secondary N) is 1. The van der Waals surface area contributed by atoms with Crippen molar-refractivity contribution in [3.8, 4) is 0 Å². The molecule has 0 amide bonds. The molecule has 1 aliphatic rings. The van der Waals surface area contributed by atoms with Crippen molar-refractivity contribution in [3.63, 3.8) is 0 Å². The minimum absolute atomic E-state index is 0.198. The summed E-state index contributed by atoms with van der Waals surface area (Å²) in [5, 5.41) is 5.37. The fourth-order valence-electron chi connectivity index (χ4n) is 3.45. The van der Waals surface area contributed by atoms with Crippen LogP contribution in [0.2, 0.25) is 0 Å². The lowest BCUT2D eigenvalue weighted by atomic mass is 10.1. The molecule has 1 saturated heterocycles. The molecular formula is C21H29N2OP. The standard InChI is InChI=1S/C21H29N2OP/c1-18(2)21(17-23-15-9-10-16-23)22-25(24,19-11-5-3-6-12-19)20-13-7-4-8-14-20/h3-8,11-14,18,21H,9-10,15-17H2,1-2H3,(H,22,24)/t21-/m1/s1. The van der Waals surface area contributed by atoms with Crippen LogP contribution in [0.25, 0.3) is 0 Å². The normalized spacial score (nSPS) is 17.1. The highest BCUT2D eigenvalue weighted by Crippen LogP contribution is 2.40. The third kappa shape index (κ3) is 4.41. The van der Waals surface area contributed by atoms with Gasteiger partial charge in [0.05, 0.1) is 0 Å². The highest BCUT2D eigenvalue weighted by molar-refractivity contribution is 7.76. The summed E-state index contributed by atoms with van der Waals surface area (Å²) in [5.74, 6) is 0.418. The van der Waals surface area contributed by atoms with E-state index in [1.807, 2.05) is 60.7 Å². The quantitative estimate of drug-likeness (QED) is 0.769. The molecule has 1 heterocycles. The molecule has 0 aromatic heterocycles. The second-order valence-corrected chi connectivity index (χ2v) is 9.78. The number of hydrogen-bond acceptors (Lipinski definition) is 2. The topological polar surface area (TPSA) is 32.3 Å². The van der Waals surface area contributed by atoms with Gasteiger partial charge < -0.3 is 4.90 Å². The third-order valence-electron chi connectivity index (χ3n) is 5.05. The van der Waals surface area contributed by atoms with Gasteiger partial charge in [-0.1, -0.05) is 50.2 Å². The predicted octanol–water partition coefficient (Wildman–Crippen LogP) is 3.63. The average Bonchev–Trinajstić information content (AvgIpc) is 3.15. The zero-order valence-electron chi connectivity index (χ0n) is 15.3. The van der Waals surface area contributed by atoms with Crippen LogP contribution >= 0.6 is 7.29 Å². The molecule has 25 heavy (non-hydrogen) atoms. The van der Waals surface area contributed by atoms with E-state index >= 15 is 0 Å². The van der Waals surface area contributed by atoms with Gasteiger partial charge in [0.25, 0.3) is 0 Å². The molecule has 1 fully saturated rings. The summed E-state index contributed by atoms with van der Waals surface area (Å²) in [6.07, 6.45) is 2.56. The Balaban J connectivity index is 1.92. The minimum Gasteiger partial charge on any atom is -0.302 e. The Morgan fingerprint density at radius 2 is 1.40 bits per heavy atom. The number of rotatable bonds is 7. The van der Waals surface area contributed by atoms with Crippen LogP contribution in [0.15, 0.2) is 60.7 Å². The Kier molecular flexibility index (Phi) is 6.11. The van der Waals surface area contributed by atoms with Gasteiger partial charge in [0.15, 0.2) is 0 Å². The first-order valence-electron chi connectivity index (χ1n) is 9.31. The van der Waals surface area contributed by atoms with E-state index in [0.29, 0.717) is 5.92 Å². The zero-order valence-corrected chi connectivity index (χ0v) is 16.2. The van der Waals surface area contributed by atoms with Crippen LogP contribution in [-0.2, 0) is 4.57 Å². The minimum atomic E-state index is -2.87. The molecule has 0 saturated carbocycles. The summed E-state index contributed by atoms with van der Waals surface area (Å²) in [7, 11) is -2.87. The smallest absolute Gasteiger partial charge is 0.204 e. The molecule has 1 N–H and O–H groups in total. The van der Waals surface area contributed by atoms with Crippen LogP contribution in [0.5, 0.6) is 0 Å². The Hall–Kier alpha value is -1.41. The number of hydrogen-bond donors (Lipinski definition) is 1. The molecule has 134 valence electrons. The fraction of sp³-hybridized carbons (Fsp3) is 0.429. The van der Waals surface area contributed by atoms with Crippen molar-refractivity contribution in [2.45, 2.75) is 32.7 Å². The number of likely N-dealkylation sites (tertiary alicyclic amines) is 1. The molecule has 4 heteroatoms. The van der Waals surface area contributed by atoms with E-state index in [1.165, 1.54) is 12.8 Å². The monoisotopic (exact) mass is 356 g/mol. The van der Waals surface area contributed by atoms with Crippen molar-refractivity contribution < 1.29 is 4.57 Å². The number of benzene rings is 2. The lowest BCUT2D eigenvalue weighted by Crippen LogP contribution is -2.45. The molecule has 0 bridgehead atoms. The summed E-state index contributed by atoms with van der Waals surface area (Å²) in [4.78, 5) is 2.50. The first kappa shape index (κ1) is 18.4. The van der Waals surface area contributed by atoms with Crippen molar-refractivity contribution in [1.82, 2.24) is 9.99 Å². The molecule has 0 spiro atoms. The fourth-order valence-corrected chi connectivity index (χ4v) is 6.08. The molecule has 1 atom stereocenters. The van der Waals surface area contributed by atoms with E-state index in [0.717, 1.165) is 30.2 Å². The van der Waals surface area contributed by atoms with E-state index in [-0.39, 0.29) is 6.04 Å². The van der Waals surface area contributed by atoms with Crippen LogP contribution in [0, 0.1) is 5.92 Å². The highest BCUT2D eigenvalue weighted by Gasteiger charge is 2.32.